The van der Waals surface area contributed by atoms with E-state index in [0.29, 0.717) is 0 Å². The molecule has 16 heterocycles. The molecule has 0 aliphatic carbocycles. The van der Waals surface area contributed by atoms with Crippen molar-refractivity contribution in [2.24, 2.45) is 28.2 Å². The van der Waals surface area contributed by atoms with Gasteiger partial charge in [0.2, 0.25) is 22.9 Å². The summed E-state index contributed by atoms with van der Waals surface area (Å²) in [7, 11) is 8.32. The van der Waals surface area contributed by atoms with Gasteiger partial charge < -0.3 is 17.7 Å². The minimum atomic E-state index is 0.239. The summed E-state index contributed by atoms with van der Waals surface area (Å²) < 4.78 is 33.1. The molecule has 20 heteroatoms. The monoisotopic (exact) mass is 1270 g/mol. The van der Waals surface area contributed by atoms with Crippen LogP contribution >= 0.6 is 0 Å². The third kappa shape index (κ3) is 11.6. The number of aryl methyl sites for hydroxylation is 12. The van der Waals surface area contributed by atoms with E-state index in [1.165, 1.54) is 28.1 Å². The smallest absolute Gasteiger partial charge is 0.402 e. The Morgan fingerprint density at radius 2 is 0.667 bits per heavy atom. The highest BCUT2D eigenvalue weighted by atomic mass is 16.4. The summed E-state index contributed by atoms with van der Waals surface area (Å²) in [6, 6.07) is 33.7. The minimum Gasteiger partial charge on any atom is -0.434 e. The summed E-state index contributed by atoms with van der Waals surface area (Å²) in [5.74, 6) is 13.7. The molecule has 96 heavy (non-hydrogen) atoms. The van der Waals surface area contributed by atoms with Crippen molar-refractivity contribution in [1.29, 1.82) is 0 Å². The summed E-state index contributed by atoms with van der Waals surface area (Å²) in [4.78, 5) is 27.5. The maximum atomic E-state index is 6.15. The first-order valence-corrected chi connectivity index (χ1v) is 33.2. The second-order valence-corrected chi connectivity index (χ2v) is 26.7. The van der Waals surface area contributed by atoms with Gasteiger partial charge in [-0.05, 0) is 199 Å². The van der Waals surface area contributed by atoms with Crippen LogP contribution in [0.1, 0.15) is 72.7 Å². The Bertz CT molecular complexity index is 5740. The van der Waals surface area contributed by atoms with Gasteiger partial charge in [0.05, 0.1) is 53.0 Å². The zero-order valence-electron chi connectivity index (χ0n) is 59.2. The van der Waals surface area contributed by atoms with E-state index in [-0.39, 0.29) is 27.4 Å². The van der Waals surface area contributed by atoms with Crippen LogP contribution in [0.2, 0.25) is 27.3 Å². The van der Waals surface area contributed by atoms with Gasteiger partial charge in [0.25, 0.3) is 23.3 Å². The average molecular weight is 1270 g/mol. The molecule has 0 saturated heterocycles. The Balaban J connectivity index is 0.000000116. The molecule has 0 saturated carbocycles. The lowest BCUT2D eigenvalue weighted by molar-refractivity contribution is -0.658. The third-order valence-corrected chi connectivity index (χ3v) is 19.2. The zero-order chi connectivity index (χ0) is 68.0. The van der Waals surface area contributed by atoms with Gasteiger partial charge in [0.1, 0.15) is 22.8 Å². The van der Waals surface area contributed by atoms with Gasteiger partial charge in [-0.1, -0.05) is 30.0 Å². The summed E-state index contributed by atoms with van der Waals surface area (Å²) in [5, 5.41) is 9.01. The van der Waals surface area contributed by atoms with Crippen LogP contribution < -0.4 is 80.0 Å². The molecule has 0 bridgehead atoms. The van der Waals surface area contributed by atoms with E-state index in [4.69, 9.17) is 17.7 Å². The third-order valence-electron chi connectivity index (χ3n) is 19.2. The maximum Gasteiger partial charge on any atom is 0.402 e. The number of furan rings is 4. The molecule has 12 aromatic heterocycles. The Kier molecular flexibility index (Phi) is 16.9. The molecular formula is C76H84B4N12O4+4. The van der Waals surface area contributed by atoms with Crippen molar-refractivity contribution < 1.29 is 35.9 Å². The predicted octanol–water partition coefficient (Wildman–Crippen LogP) is 7.43. The number of pyridine rings is 8. The Hall–Kier alpha value is -10.2. The van der Waals surface area contributed by atoms with Gasteiger partial charge in [-0.3, -0.25) is 19.2 Å². The van der Waals surface area contributed by atoms with Crippen LogP contribution in [-0.2, 0) is 28.2 Å². The first-order chi connectivity index (χ1) is 45.8. The molecule has 4 aliphatic heterocycles. The predicted molar refractivity (Wildman–Crippen MR) is 392 cm³/mol. The summed E-state index contributed by atoms with van der Waals surface area (Å²) in [6.07, 6.45) is 8.50. The van der Waals surface area contributed by atoms with Gasteiger partial charge in [-0.25, -0.2) is 38.2 Å². The number of rotatable bonds is 4. The van der Waals surface area contributed by atoms with E-state index in [1.807, 2.05) is 58.0 Å². The van der Waals surface area contributed by atoms with Crippen LogP contribution in [0.25, 0.3) is 91.1 Å². The molecule has 0 atom stereocenters. The van der Waals surface area contributed by atoms with Crippen molar-refractivity contribution >= 4 is 142 Å². The molecule has 4 aliphatic rings. The van der Waals surface area contributed by atoms with Crippen LogP contribution in [0, 0.1) is 55.4 Å². The van der Waals surface area contributed by atoms with Gasteiger partial charge in [0, 0.05) is 89.5 Å². The van der Waals surface area contributed by atoms with Gasteiger partial charge in [0.15, 0.2) is 21.7 Å². The van der Waals surface area contributed by atoms with E-state index >= 15 is 0 Å². The minimum absolute atomic E-state index is 0.239. The standard InChI is InChI=1S/C20H23BN3O.2C19H21BN3O.C18H19BN3O/c1-12-9-18(23(6)11-13(12)2)24-15(4)19-17(10-21(24)5)16-8-7-14(3)22-20(16)25-19;1-12-6-9-17(22(5)11-12)23-14(3)18-16(10-20(23)4)15-8-7-13(2)21-19(15)24-18;1-12-8-9-22(5)17(10-12)23-14(3)18-16(11-20(23)4)15-7-6-13(2)21-19(15)24-18;1-12-8-9-14-15-11-19(3)22(16-7-5-6-10-21(16)4)13(2)17(15)23-18(14)20-12/h7-11H,1-6H3;2*6-11H,1-5H3;5-11H,1-4H3/q4*+1. The fourth-order valence-electron chi connectivity index (χ4n) is 14.3. The Morgan fingerprint density at radius 1 is 0.323 bits per heavy atom. The van der Waals surface area contributed by atoms with Crippen LogP contribution in [0.15, 0.2) is 140 Å². The topological polar surface area (TPSA) is 133 Å². The zero-order valence-corrected chi connectivity index (χ0v) is 59.2. The van der Waals surface area contributed by atoms with Gasteiger partial charge in [-0.15, -0.1) is 0 Å². The molecule has 0 radical (unpaired) electrons. The number of nitrogens with zero attached hydrogens (tertiary/aromatic N) is 12. The number of fused-ring (bicyclic) bond motifs is 12. The molecule has 16 rings (SSSR count). The fourth-order valence-corrected chi connectivity index (χ4v) is 14.3. The summed E-state index contributed by atoms with van der Waals surface area (Å²) in [5.41, 5.74) is 20.0. The number of anilines is 4. The second kappa shape index (κ2) is 25.2. The van der Waals surface area contributed by atoms with Crippen molar-refractivity contribution in [2.45, 2.75) is 110 Å². The van der Waals surface area contributed by atoms with E-state index in [0.717, 1.165) is 150 Å². The molecular weight excluding hydrogens is 1190 g/mol. The van der Waals surface area contributed by atoms with E-state index in [2.05, 4.69) is 284 Å². The normalized spacial score (nSPS) is 14.1. The largest absolute Gasteiger partial charge is 0.434 e. The van der Waals surface area contributed by atoms with Crippen molar-refractivity contribution in [3.8, 4) is 0 Å². The first kappa shape index (κ1) is 64.5. The summed E-state index contributed by atoms with van der Waals surface area (Å²) in [6.45, 7) is 34.8. The van der Waals surface area contributed by atoms with Crippen LogP contribution in [0.3, 0.4) is 0 Å². The van der Waals surface area contributed by atoms with Crippen molar-refractivity contribution in [3.63, 3.8) is 0 Å². The molecule has 480 valence electrons. The molecule has 0 N–H and O–H groups in total. The quantitative estimate of drug-likeness (QED) is 0.128. The average Bonchev–Trinajstić information content (AvgIpc) is 1.57. The molecule has 12 aromatic rings. The number of hydrogen-bond acceptors (Lipinski definition) is 12. The highest BCUT2D eigenvalue weighted by Crippen LogP contribution is 2.26. The van der Waals surface area contributed by atoms with Gasteiger partial charge >= 0.3 is 27.4 Å². The Labute approximate surface area is 561 Å². The Morgan fingerprint density at radius 3 is 1.04 bits per heavy atom. The number of aromatic nitrogens is 8. The molecule has 0 aromatic carbocycles. The lowest BCUT2D eigenvalue weighted by atomic mass is 9.60. The van der Waals surface area contributed by atoms with E-state index < -0.39 is 0 Å². The molecule has 16 nitrogen and oxygen atoms in total. The first-order valence-electron chi connectivity index (χ1n) is 33.2. The summed E-state index contributed by atoms with van der Waals surface area (Å²) >= 11 is 0. The van der Waals surface area contributed by atoms with Crippen LogP contribution in [-0.4, -0.2) is 47.3 Å². The molecule has 0 amide bonds. The molecule has 0 spiro atoms. The fraction of sp³-hybridized carbons (Fsp3) is 0.263. The molecule has 0 fully saturated rings. The highest BCUT2D eigenvalue weighted by molar-refractivity contribution is 6.79. The van der Waals surface area contributed by atoms with Crippen molar-refractivity contribution in [3.05, 3.63) is 209 Å². The SMILES string of the molecule is CB1C=c2c(oc3nc(C)ccc23)=C(C)N1c1cc(C)c(C)c[n+]1C.CB1C=c2c(oc3nc(C)ccc23)=C(C)N1c1cc(C)cc[n+]1C.CB1C=c2c(oc3nc(C)ccc23)=C(C)N1c1ccc(C)c[n+]1C.CB1C=c2c(oc3nc(C)ccc23)=C(C)N1c1cccc[n+]1C. The lowest BCUT2D eigenvalue weighted by Gasteiger charge is -2.23. The van der Waals surface area contributed by atoms with Crippen molar-refractivity contribution in [2.75, 3.05) is 19.2 Å². The van der Waals surface area contributed by atoms with Crippen LogP contribution in [0.5, 0.6) is 0 Å². The van der Waals surface area contributed by atoms with E-state index in [1.54, 1.807) is 0 Å². The van der Waals surface area contributed by atoms with Gasteiger partial charge in [-0.2, -0.15) is 0 Å². The number of hydrogen-bond donors (Lipinski definition) is 0. The second-order valence-electron chi connectivity index (χ2n) is 26.7. The van der Waals surface area contributed by atoms with Crippen LogP contribution in [0.4, 0.5) is 23.3 Å². The van der Waals surface area contributed by atoms with Crippen molar-refractivity contribution in [1.82, 2.24) is 19.9 Å². The maximum absolute atomic E-state index is 6.15. The van der Waals surface area contributed by atoms with E-state index in [9.17, 15) is 0 Å². The lowest BCUT2D eigenvalue weighted by Crippen LogP contribution is -2.50. The molecule has 0 unspecified atom stereocenters. The highest BCUT2D eigenvalue weighted by Gasteiger charge is 2.38.